The normalized spacial score (nSPS) is 14.2. The van der Waals surface area contributed by atoms with Gasteiger partial charge in [-0.2, -0.15) is 13.2 Å². The average Bonchev–Trinajstić information content (AvgIpc) is 2.71. The number of alkyl halides is 3. The second-order valence-electron chi connectivity index (χ2n) is 6.82. The molecule has 30 heavy (non-hydrogen) atoms. The lowest BCUT2D eigenvalue weighted by Gasteiger charge is -2.29. The highest BCUT2D eigenvalue weighted by atomic mass is 32.2. The summed E-state index contributed by atoms with van der Waals surface area (Å²) in [6.07, 6.45) is 1.68. The van der Waals surface area contributed by atoms with Crippen LogP contribution in [0.5, 0.6) is 0 Å². The molecule has 0 bridgehead atoms. The number of carbonyl (C=O) groups excluding carboxylic acids is 1. The number of hydrogen-bond acceptors (Lipinski definition) is 5. The minimum atomic E-state index is -5.49. The smallest absolute Gasteiger partial charge is 0.384 e. The van der Waals surface area contributed by atoms with Crippen LogP contribution in [0, 0.1) is 0 Å². The first-order valence-electron chi connectivity index (χ1n) is 9.46. The van der Waals surface area contributed by atoms with Gasteiger partial charge in [0.2, 0.25) is 5.91 Å². The fourth-order valence-electron chi connectivity index (χ4n) is 3.37. The maximum atomic E-state index is 12.9. The van der Waals surface area contributed by atoms with Crippen molar-refractivity contribution in [3.63, 3.8) is 0 Å². The molecule has 0 spiro atoms. The minimum absolute atomic E-state index is 0.112. The molecular weight excluding hydrogens is 419 g/mol. The van der Waals surface area contributed by atoms with Crippen LogP contribution in [0.3, 0.4) is 0 Å². The molecule has 0 aliphatic carbocycles. The first kappa shape index (κ1) is 21.9. The van der Waals surface area contributed by atoms with Crippen molar-refractivity contribution in [2.75, 3.05) is 35.2 Å². The van der Waals surface area contributed by atoms with Gasteiger partial charge < -0.3 is 15.5 Å². The molecule has 162 valence electrons. The number of nitrogens with one attached hydrogen (secondary N) is 2. The molecular formula is C20H22F3N3O3S. The maximum Gasteiger partial charge on any atom is 0.501 e. The van der Waals surface area contributed by atoms with E-state index in [9.17, 15) is 26.4 Å². The van der Waals surface area contributed by atoms with Crippen molar-refractivity contribution in [1.82, 2.24) is 0 Å². The van der Waals surface area contributed by atoms with Crippen molar-refractivity contribution in [3.05, 3.63) is 48.0 Å². The zero-order chi connectivity index (χ0) is 21.9. The number of nitrogens with zero attached hydrogens (tertiary/aromatic N) is 1. The van der Waals surface area contributed by atoms with Gasteiger partial charge in [-0.25, -0.2) is 8.42 Å². The number of para-hydroxylation sites is 1. The summed E-state index contributed by atoms with van der Waals surface area (Å²) in [4.78, 5) is 13.5. The number of amides is 1. The first-order chi connectivity index (χ1) is 14.1. The summed E-state index contributed by atoms with van der Waals surface area (Å²) in [6.45, 7) is 2.61. The molecule has 1 aliphatic rings. The van der Waals surface area contributed by atoms with Crippen LogP contribution in [-0.4, -0.2) is 39.5 Å². The molecule has 0 aromatic heterocycles. The Hall–Kier alpha value is -2.75. The molecule has 2 aromatic carbocycles. The van der Waals surface area contributed by atoms with Crippen molar-refractivity contribution in [2.45, 2.75) is 30.2 Å². The van der Waals surface area contributed by atoms with Gasteiger partial charge in [-0.05, 0) is 49.6 Å². The molecule has 2 N–H and O–H groups in total. The number of rotatable bonds is 6. The summed E-state index contributed by atoms with van der Waals surface area (Å²) in [6, 6.07) is 10.6. The molecule has 0 unspecified atom stereocenters. The molecule has 0 radical (unpaired) electrons. The standard InChI is InChI=1S/C20H22F3N3O3S/c1-2-24-16-10-9-15(30(28,29)20(21,22)23)12-17(16)25-13-19(27)26-11-5-7-14-6-3-4-8-18(14)26/h3-4,6,8-10,12,24-25H,2,5,7,11,13H2,1H3. The number of halogens is 3. The van der Waals surface area contributed by atoms with Gasteiger partial charge in [0.05, 0.1) is 22.8 Å². The molecule has 6 nitrogen and oxygen atoms in total. The van der Waals surface area contributed by atoms with Crippen LogP contribution < -0.4 is 15.5 Å². The van der Waals surface area contributed by atoms with E-state index >= 15 is 0 Å². The van der Waals surface area contributed by atoms with Gasteiger partial charge in [-0.1, -0.05) is 18.2 Å². The molecule has 2 aromatic rings. The fourth-order valence-corrected chi connectivity index (χ4v) is 4.16. The number of hydrogen-bond donors (Lipinski definition) is 2. The lowest BCUT2D eigenvalue weighted by atomic mass is 10.0. The molecule has 0 saturated heterocycles. The van der Waals surface area contributed by atoms with E-state index < -0.39 is 20.2 Å². The molecule has 3 rings (SSSR count). The van der Waals surface area contributed by atoms with Crippen molar-refractivity contribution in [2.24, 2.45) is 0 Å². The van der Waals surface area contributed by atoms with Gasteiger partial charge in [0, 0.05) is 18.8 Å². The lowest BCUT2D eigenvalue weighted by Crippen LogP contribution is -2.39. The van der Waals surface area contributed by atoms with E-state index in [-0.39, 0.29) is 18.1 Å². The molecule has 1 aliphatic heterocycles. The van der Waals surface area contributed by atoms with Gasteiger partial charge >= 0.3 is 5.51 Å². The van der Waals surface area contributed by atoms with E-state index in [1.807, 2.05) is 24.3 Å². The molecule has 0 atom stereocenters. The third-order valence-electron chi connectivity index (χ3n) is 4.81. The number of aryl methyl sites for hydroxylation is 1. The van der Waals surface area contributed by atoms with Crippen molar-refractivity contribution in [1.29, 1.82) is 0 Å². The highest BCUT2D eigenvalue weighted by Crippen LogP contribution is 2.34. The van der Waals surface area contributed by atoms with Gasteiger partial charge in [0.15, 0.2) is 0 Å². The van der Waals surface area contributed by atoms with Gasteiger partial charge in [0.25, 0.3) is 9.84 Å². The molecule has 1 amide bonds. The lowest BCUT2D eigenvalue weighted by molar-refractivity contribution is -0.117. The van der Waals surface area contributed by atoms with Crippen LogP contribution in [0.4, 0.5) is 30.2 Å². The summed E-state index contributed by atoms with van der Waals surface area (Å²) < 4.78 is 62.2. The molecule has 0 fully saturated rings. The Morgan fingerprint density at radius 1 is 1.10 bits per heavy atom. The number of anilines is 3. The van der Waals surface area contributed by atoms with Gasteiger partial charge in [-0.15, -0.1) is 0 Å². The van der Waals surface area contributed by atoms with Gasteiger partial charge in [0.1, 0.15) is 0 Å². The maximum absolute atomic E-state index is 12.9. The summed E-state index contributed by atoms with van der Waals surface area (Å²) in [5, 5.41) is 5.75. The van der Waals surface area contributed by atoms with Crippen molar-refractivity contribution in [3.8, 4) is 0 Å². The van der Waals surface area contributed by atoms with Crippen molar-refractivity contribution < 1.29 is 26.4 Å². The van der Waals surface area contributed by atoms with Crippen LogP contribution in [-0.2, 0) is 21.1 Å². The minimum Gasteiger partial charge on any atom is -0.384 e. The SMILES string of the molecule is CCNc1ccc(S(=O)(=O)C(F)(F)F)cc1NCC(=O)N1CCCc2ccccc21. The summed E-state index contributed by atoms with van der Waals surface area (Å²) in [7, 11) is -5.49. The summed E-state index contributed by atoms with van der Waals surface area (Å²) in [5.41, 5.74) is -3.01. The highest BCUT2D eigenvalue weighted by Gasteiger charge is 2.47. The predicted molar refractivity (Wildman–Crippen MR) is 109 cm³/mol. The summed E-state index contributed by atoms with van der Waals surface area (Å²) >= 11 is 0. The van der Waals surface area contributed by atoms with E-state index in [0.717, 1.165) is 36.2 Å². The second-order valence-corrected chi connectivity index (χ2v) is 8.76. The van der Waals surface area contributed by atoms with E-state index in [4.69, 9.17) is 0 Å². The number of fused-ring (bicyclic) bond motifs is 1. The van der Waals surface area contributed by atoms with E-state index in [1.165, 1.54) is 6.07 Å². The molecule has 10 heteroatoms. The quantitative estimate of drug-likeness (QED) is 0.713. The number of sulfone groups is 1. The molecule has 1 heterocycles. The monoisotopic (exact) mass is 441 g/mol. The Morgan fingerprint density at radius 2 is 1.83 bits per heavy atom. The Morgan fingerprint density at radius 3 is 2.53 bits per heavy atom. The zero-order valence-electron chi connectivity index (χ0n) is 16.3. The predicted octanol–water partition coefficient (Wildman–Crippen LogP) is 3.80. The third-order valence-corrected chi connectivity index (χ3v) is 6.30. The number of carbonyl (C=O) groups is 1. The topological polar surface area (TPSA) is 78.5 Å². The van der Waals surface area contributed by atoms with E-state index in [0.29, 0.717) is 18.8 Å². The second kappa shape index (κ2) is 8.55. The van der Waals surface area contributed by atoms with Gasteiger partial charge in [-0.3, -0.25) is 4.79 Å². The van der Waals surface area contributed by atoms with E-state index in [2.05, 4.69) is 10.6 Å². The Bertz CT molecular complexity index is 1040. The Labute approximate surface area is 173 Å². The number of benzene rings is 2. The first-order valence-corrected chi connectivity index (χ1v) is 10.9. The fraction of sp³-hybridized carbons (Fsp3) is 0.350. The average molecular weight is 441 g/mol. The van der Waals surface area contributed by atoms with Crippen LogP contribution in [0.25, 0.3) is 0 Å². The Kier molecular flexibility index (Phi) is 6.25. The Balaban J connectivity index is 1.84. The van der Waals surface area contributed by atoms with Crippen LogP contribution >= 0.6 is 0 Å². The van der Waals surface area contributed by atoms with Crippen LogP contribution in [0.1, 0.15) is 18.9 Å². The third kappa shape index (κ3) is 4.38. The van der Waals surface area contributed by atoms with Crippen LogP contribution in [0.15, 0.2) is 47.4 Å². The summed E-state index contributed by atoms with van der Waals surface area (Å²) in [5.74, 6) is -0.256. The largest absolute Gasteiger partial charge is 0.501 e. The molecule has 0 saturated carbocycles. The van der Waals surface area contributed by atoms with Crippen LogP contribution in [0.2, 0.25) is 0 Å². The zero-order valence-corrected chi connectivity index (χ0v) is 17.1. The highest BCUT2D eigenvalue weighted by molar-refractivity contribution is 7.92. The van der Waals surface area contributed by atoms with E-state index in [1.54, 1.807) is 11.8 Å². The van der Waals surface area contributed by atoms with Crippen molar-refractivity contribution >= 4 is 32.8 Å².